The van der Waals surface area contributed by atoms with E-state index in [4.69, 9.17) is 0 Å². The normalized spacial score (nSPS) is 15.2. The molecule has 1 aromatic carbocycles. The van der Waals surface area contributed by atoms with Crippen LogP contribution >= 0.6 is 11.3 Å². The number of amides is 2. The maximum atomic E-state index is 12.3. The molecule has 2 amide bonds. The lowest BCUT2D eigenvalue weighted by Crippen LogP contribution is -2.44. The van der Waals surface area contributed by atoms with Crippen LogP contribution in [0.25, 0.3) is 0 Å². The number of benzene rings is 1. The average molecular weight is 357 g/mol. The van der Waals surface area contributed by atoms with Crippen molar-refractivity contribution in [3.8, 4) is 0 Å². The van der Waals surface area contributed by atoms with Crippen molar-refractivity contribution in [3.05, 3.63) is 46.5 Å². The summed E-state index contributed by atoms with van der Waals surface area (Å²) in [5.41, 5.74) is 2.22. The Morgan fingerprint density at radius 3 is 2.48 bits per heavy atom. The van der Waals surface area contributed by atoms with Gasteiger partial charge >= 0.3 is 11.8 Å². The molecule has 0 bridgehead atoms. The van der Waals surface area contributed by atoms with E-state index in [0.717, 1.165) is 29.8 Å². The van der Waals surface area contributed by atoms with Gasteiger partial charge in [0, 0.05) is 18.0 Å². The molecule has 0 aliphatic carbocycles. The molecule has 0 unspecified atom stereocenters. The second-order valence-corrected chi connectivity index (χ2v) is 7.74. The summed E-state index contributed by atoms with van der Waals surface area (Å²) >= 11 is 1.39. The summed E-state index contributed by atoms with van der Waals surface area (Å²) < 4.78 is 0. The van der Waals surface area contributed by atoms with E-state index in [9.17, 15) is 9.59 Å². The fourth-order valence-corrected chi connectivity index (χ4v) is 3.92. The topological polar surface area (TPSA) is 62.3 Å². The van der Waals surface area contributed by atoms with Gasteiger partial charge in [-0.05, 0) is 44.6 Å². The lowest BCUT2D eigenvalue weighted by Gasteiger charge is -2.31. The summed E-state index contributed by atoms with van der Waals surface area (Å²) in [6.45, 7) is 5.11. The molecule has 5 nitrogen and oxygen atoms in total. The van der Waals surface area contributed by atoms with Crippen LogP contribution in [0.15, 0.2) is 30.3 Å². The Kier molecular flexibility index (Phi) is 5.48. The monoisotopic (exact) mass is 357 g/mol. The van der Waals surface area contributed by atoms with Crippen LogP contribution in [0.1, 0.15) is 29.0 Å². The third-order valence-corrected chi connectivity index (χ3v) is 5.70. The maximum absolute atomic E-state index is 12.3. The number of aryl methyl sites for hydroxylation is 2. The predicted octanol–water partition coefficient (Wildman–Crippen LogP) is 3.18. The van der Waals surface area contributed by atoms with E-state index in [1.165, 1.54) is 16.9 Å². The smallest absolute Gasteiger partial charge is 0.315 e. The van der Waals surface area contributed by atoms with Crippen LogP contribution in [-0.4, -0.2) is 34.8 Å². The Hall–Kier alpha value is -2.21. The number of thiazole rings is 1. The average Bonchev–Trinajstić information content (AvgIpc) is 2.93. The molecular weight excluding hydrogens is 334 g/mol. The first-order valence-electron chi connectivity index (χ1n) is 8.61. The lowest BCUT2D eigenvalue weighted by molar-refractivity contribution is -0.144. The minimum Gasteiger partial charge on any atom is -0.334 e. The fourth-order valence-electron chi connectivity index (χ4n) is 3.11. The van der Waals surface area contributed by atoms with Gasteiger partial charge in [0.05, 0.1) is 5.69 Å². The standard InChI is InChI=1S/C19H23N3O2S/c1-13-14(2)25-19(20-13)21-17(23)18(24)22-10-8-16(9-11-22)12-15-6-4-3-5-7-15/h3-7,16H,8-12H2,1-2H3,(H,20,21,23). The summed E-state index contributed by atoms with van der Waals surface area (Å²) in [4.78, 5) is 31.5. The van der Waals surface area contributed by atoms with Gasteiger partial charge in [-0.1, -0.05) is 30.3 Å². The first-order chi connectivity index (χ1) is 12.0. The molecular formula is C19H23N3O2S. The SMILES string of the molecule is Cc1nc(NC(=O)C(=O)N2CCC(Cc3ccccc3)CC2)sc1C. The van der Waals surface area contributed by atoms with Crippen molar-refractivity contribution >= 4 is 28.3 Å². The molecule has 6 heteroatoms. The van der Waals surface area contributed by atoms with Crippen LogP contribution in [-0.2, 0) is 16.0 Å². The third-order valence-electron chi connectivity index (χ3n) is 4.71. The Balaban J connectivity index is 1.50. The molecule has 0 saturated carbocycles. The molecule has 1 fully saturated rings. The maximum Gasteiger partial charge on any atom is 0.315 e. The van der Waals surface area contributed by atoms with Gasteiger partial charge in [0.1, 0.15) is 0 Å². The first kappa shape index (κ1) is 17.6. The molecule has 132 valence electrons. The number of hydrogen-bond acceptors (Lipinski definition) is 4. The van der Waals surface area contributed by atoms with Gasteiger partial charge in [0.15, 0.2) is 5.13 Å². The number of likely N-dealkylation sites (tertiary alicyclic amines) is 1. The minimum absolute atomic E-state index is 0.455. The quantitative estimate of drug-likeness (QED) is 0.858. The zero-order valence-corrected chi connectivity index (χ0v) is 15.4. The molecule has 0 atom stereocenters. The number of aromatic nitrogens is 1. The van der Waals surface area contributed by atoms with E-state index in [0.29, 0.717) is 24.1 Å². The van der Waals surface area contributed by atoms with Crippen molar-refractivity contribution in [2.75, 3.05) is 18.4 Å². The number of nitrogens with zero attached hydrogens (tertiary/aromatic N) is 2. The number of hydrogen-bond donors (Lipinski definition) is 1. The van der Waals surface area contributed by atoms with Gasteiger partial charge in [0.25, 0.3) is 0 Å². The molecule has 1 N–H and O–H groups in total. The number of anilines is 1. The van der Waals surface area contributed by atoms with Crippen LogP contribution in [0.2, 0.25) is 0 Å². The fraction of sp³-hybridized carbons (Fsp3) is 0.421. The third kappa shape index (κ3) is 4.45. The summed E-state index contributed by atoms with van der Waals surface area (Å²) in [5, 5.41) is 3.12. The second-order valence-electron chi connectivity index (χ2n) is 6.54. The van der Waals surface area contributed by atoms with Crippen molar-refractivity contribution < 1.29 is 9.59 Å². The van der Waals surface area contributed by atoms with Gasteiger partial charge in [0.2, 0.25) is 0 Å². The number of carbonyl (C=O) groups excluding carboxylic acids is 2. The highest BCUT2D eigenvalue weighted by Crippen LogP contribution is 2.23. The van der Waals surface area contributed by atoms with Crippen LogP contribution in [0.3, 0.4) is 0 Å². The van der Waals surface area contributed by atoms with Gasteiger partial charge in [-0.25, -0.2) is 4.98 Å². The summed E-state index contributed by atoms with van der Waals surface area (Å²) in [6, 6.07) is 10.4. The summed E-state index contributed by atoms with van der Waals surface area (Å²) in [5.74, 6) is -0.474. The molecule has 2 heterocycles. The highest BCUT2D eigenvalue weighted by Gasteiger charge is 2.27. The Morgan fingerprint density at radius 1 is 1.20 bits per heavy atom. The van der Waals surface area contributed by atoms with E-state index in [1.807, 2.05) is 19.9 Å². The Morgan fingerprint density at radius 2 is 1.88 bits per heavy atom. The number of nitrogens with one attached hydrogen (secondary N) is 1. The molecule has 0 radical (unpaired) electrons. The minimum atomic E-state index is -0.588. The highest BCUT2D eigenvalue weighted by molar-refractivity contribution is 7.15. The molecule has 1 aromatic heterocycles. The van der Waals surface area contributed by atoms with Gasteiger partial charge in [-0.2, -0.15) is 0 Å². The van der Waals surface area contributed by atoms with E-state index in [2.05, 4.69) is 34.6 Å². The van der Waals surface area contributed by atoms with Crippen LogP contribution in [0, 0.1) is 19.8 Å². The lowest BCUT2D eigenvalue weighted by atomic mass is 9.90. The molecule has 2 aromatic rings. The van der Waals surface area contributed by atoms with Crippen molar-refractivity contribution in [1.29, 1.82) is 0 Å². The predicted molar refractivity (Wildman–Crippen MR) is 99.7 cm³/mol. The molecule has 1 aliphatic rings. The zero-order valence-electron chi connectivity index (χ0n) is 14.6. The second kappa shape index (κ2) is 7.78. The number of carbonyl (C=O) groups is 2. The van der Waals surface area contributed by atoms with E-state index >= 15 is 0 Å². The molecule has 1 aliphatic heterocycles. The summed E-state index contributed by atoms with van der Waals surface area (Å²) in [7, 11) is 0. The van der Waals surface area contributed by atoms with E-state index in [1.54, 1.807) is 4.90 Å². The van der Waals surface area contributed by atoms with Gasteiger partial charge in [-0.15, -0.1) is 11.3 Å². The van der Waals surface area contributed by atoms with E-state index < -0.39 is 11.8 Å². The van der Waals surface area contributed by atoms with Gasteiger partial charge in [-0.3, -0.25) is 14.9 Å². The van der Waals surface area contributed by atoms with Crippen LogP contribution < -0.4 is 5.32 Å². The molecule has 1 saturated heterocycles. The zero-order chi connectivity index (χ0) is 17.8. The Labute approximate surface area is 152 Å². The molecule has 3 rings (SSSR count). The van der Waals surface area contributed by atoms with Crippen molar-refractivity contribution in [1.82, 2.24) is 9.88 Å². The van der Waals surface area contributed by atoms with Crippen molar-refractivity contribution in [2.24, 2.45) is 5.92 Å². The van der Waals surface area contributed by atoms with Crippen LogP contribution in [0.4, 0.5) is 5.13 Å². The Bertz CT molecular complexity index is 730. The number of rotatable bonds is 3. The number of piperidine rings is 1. The largest absolute Gasteiger partial charge is 0.334 e. The first-order valence-corrected chi connectivity index (χ1v) is 9.43. The van der Waals surface area contributed by atoms with Gasteiger partial charge < -0.3 is 4.90 Å². The summed E-state index contributed by atoms with van der Waals surface area (Å²) in [6.07, 6.45) is 2.90. The molecule has 25 heavy (non-hydrogen) atoms. The van der Waals surface area contributed by atoms with Crippen LogP contribution in [0.5, 0.6) is 0 Å². The van der Waals surface area contributed by atoms with Crippen molar-refractivity contribution in [2.45, 2.75) is 33.1 Å². The van der Waals surface area contributed by atoms with Crippen molar-refractivity contribution in [3.63, 3.8) is 0 Å². The molecule has 0 spiro atoms. The van der Waals surface area contributed by atoms with E-state index in [-0.39, 0.29) is 0 Å². The highest BCUT2D eigenvalue weighted by atomic mass is 32.1.